The minimum Gasteiger partial charge on any atom is -0.493 e. The molecular weight excluding hydrogens is 324 g/mol. The molecule has 0 bridgehead atoms. The first kappa shape index (κ1) is 16.5. The highest BCUT2D eigenvalue weighted by atomic mass is 32.1. The molecule has 0 aliphatic rings. The van der Waals surface area contributed by atoms with E-state index in [4.69, 9.17) is 9.47 Å². The van der Waals surface area contributed by atoms with Gasteiger partial charge in [0.15, 0.2) is 11.5 Å². The van der Waals surface area contributed by atoms with Crippen molar-refractivity contribution in [2.75, 3.05) is 32.0 Å². The number of benzene rings is 1. The number of anilines is 2. The highest BCUT2D eigenvalue weighted by molar-refractivity contribution is 7.10. The van der Waals surface area contributed by atoms with Gasteiger partial charge in [-0.2, -0.15) is 9.36 Å². The van der Waals surface area contributed by atoms with E-state index >= 15 is 0 Å². The number of hydrogen-bond acceptors (Lipinski definition) is 8. The molecule has 0 spiro atoms. The molecule has 2 amide bonds. The van der Waals surface area contributed by atoms with Crippen molar-refractivity contribution in [3.8, 4) is 11.5 Å². The van der Waals surface area contributed by atoms with E-state index in [2.05, 4.69) is 24.7 Å². The van der Waals surface area contributed by atoms with Crippen molar-refractivity contribution >= 4 is 34.4 Å². The van der Waals surface area contributed by atoms with E-state index in [0.29, 0.717) is 17.2 Å². The number of ether oxygens (including phenoxy) is 3. The van der Waals surface area contributed by atoms with Gasteiger partial charge in [0.2, 0.25) is 5.13 Å². The largest absolute Gasteiger partial charge is 0.493 e. The summed E-state index contributed by atoms with van der Waals surface area (Å²) >= 11 is 0.867. The number of carbonyl (C=O) groups excluding carboxylic acids is 2. The summed E-state index contributed by atoms with van der Waals surface area (Å²) in [5, 5.41) is 5.25. The van der Waals surface area contributed by atoms with Crippen LogP contribution in [-0.4, -0.2) is 42.7 Å². The maximum atomic E-state index is 11.9. The Morgan fingerprint density at radius 3 is 2.48 bits per heavy atom. The molecule has 1 heterocycles. The van der Waals surface area contributed by atoms with E-state index in [-0.39, 0.29) is 11.0 Å². The first-order chi connectivity index (χ1) is 11.1. The molecule has 9 nitrogen and oxygen atoms in total. The second-order valence-corrected chi connectivity index (χ2v) is 4.82. The third-order valence-electron chi connectivity index (χ3n) is 2.66. The van der Waals surface area contributed by atoms with Gasteiger partial charge in [0.25, 0.3) is 5.82 Å². The minimum atomic E-state index is -0.672. The molecule has 0 aliphatic carbocycles. The molecule has 0 unspecified atom stereocenters. The van der Waals surface area contributed by atoms with E-state index in [9.17, 15) is 9.59 Å². The molecule has 0 radical (unpaired) electrons. The Labute approximate surface area is 135 Å². The molecule has 23 heavy (non-hydrogen) atoms. The molecule has 0 saturated carbocycles. The normalized spacial score (nSPS) is 9.87. The van der Waals surface area contributed by atoms with Gasteiger partial charge in [0.05, 0.1) is 21.3 Å². The Kier molecular flexibility index (Phi) is 5.31. The first-order valence-electron chi connectivity index (χ1n) is 6.29. The second kappa shape index (κ2) is 7.40. The van der Waals surface area contributed by atoms with Crippen LogP contribution in [-0.2, 0) is 4.74 Å². The maximum Gasteiger partial charge on any atom is 0.377 e. The molecule has 0 atom stereocenters. The fraction of sp³-hybridized carbons (Fsp3) is 0.231. The molecule has 0 saturated heterocycles. The molecule has 0 fully saturated rings. The van der Waals surface area contributed by atoms with Crippen molar-refractivity contribution < 1.29 is 23.8 Å². The highest BCUT2D eigenvalue weighted by Crippen LogP contribution is 2.29. The first-order valence-corrected chi connectivity index (χ1v) is 7.06. The summed E-state index contributed by atoms with van der Waals surface area (Å²) in [6.45, 7) is 0. The van der Waals surface area contributed by atoms with Gasteiger partial charge in [0, 0.05) is 23.3 Å². The Morgan fingerprint density at radius 1 is 1.09 bits per heavy atom. The minimum absolute atomic E-state index is 0.112. The summed E-state index contributed by atoms with van der Waals surface area (Å²) in [5.74, 6) is 0.244. The average molecular weight is 338 g/mol. The van der Waals surface area contributed by atoms with Crippen LogP contribution >= 0.6 is 11.5 Å². The predicted octanol–water partition coefficient (Wildman–Crippen LogP) is 1.99. The zero-order valence-corrected chi connectivity index (χ0v) is 13.4. The highest BCUT2D eigenvalue weighted by Gasteiger charge is 2.15. The second-order valence-electron chi connectivity index (χ2n) is 4.06. The van der Waals surface area contributed by atoms with Crippen LogP contribution in [0.1, 0.15) is 10.6 Å². The molecule has 2 aromatic rings. The topological polar surface area (TPSA) is 112 Å². The Morgan fingerprint density at radius 2 is 1.83 bits per heavy atom. The number of rotatable bonds is 5. The van der Waals surface area contributed by atoms with Crippen LogP contribution in [0.15, 0.2) is 18.2 Å². The van der Waals surface area contributed by atoms with E-state index in [1.165, 1.54) is 21.3 Å². The molecule has 2 rings (SSSR count). The van der Waals surface area contributed by atoms with Gasteiger partial charge >= 0.3 is 12.0 Å². The van der Waals surface area contributed by atoms with Gasteiger partial charge in [-0.25, -0.2) is 9.59 Å². The summed E-state index contributed by atoms with van der Waals surface area (Å²) in [6, 6.07) is 4.39. The average Bonchev–Trinajstić information content (AvgIpc) is 3.02. The monoisotopic (exact) mass is 338 g/mol. The molecule has 2 N–H and O–H groups in total. The van der Waals surface area contributed by atoms with Gasteiger partial charge in [-0.05, 0) is 12.1 Å². The van der Waals surface area contributed by atoms with Crippen molar-refractivity contribution in [1.82, 2.24) is 9.36 Å². The van der Waals surface area contributed by atoms with Gasteiger partial charge in [-0.15, -0.1) is 0 Å². The van der Waals surface area contributed by atoms with Crippen molar-refractivity contribution in [2.24, 2.45) is 0 Å². The SMILES string of the molecule is COC(=O)c1nsc(NC(=O)Nc2ccc(OC)c(OC)c2)n1. The van der Waals surface area contributed by atoms with Crippen LogP contribution < -0.4 is 20.1 Å². The summed E-state index contributed by atoms with van der Waals surface area (Å²) < 4.78 is 18.5. The molecule has 1 aromatic carbocycles. The fourth-order valence-electron chi connectivity index (χ4n) is 1.62. The lowest BCUT2D eigenvalue weighted by molar-refractivity contribution is 0.0588. The number of urea groups is 1. The lowest BCUT2D eigenvalue weighted by atomic mass is 10.3. The Hall–Kier alpha value is -2.88. The molecular formula is C13H14N4O5S. The Bertz CT molecular complexity index is 718. The standard InChI is InChI=1S/C13H14N4O5S/c1-20-8-5-4-7(6-9(8)21-2)14-12(19)16-13-15-10(17-23-13)11(18)22-3/h4-6H,1-3H3,(H2,14,15,16,17,19). The number of hydrogen-bond donors (Lipinski definition) is 2. The van der Waals surface area contributed by atoms with Crippen LogP contribution in [0.25, 0.3) is 0 Å². The van der Waals surface area contributed by atoms with E-state index in [1.54, 1.807) is 18.2 Å². The Balaban J connectivity index is 2.02. The lowest BCUT2D eigenvalue weighted by Crippen LogP contribution is -2.19. The van der Waals surface area contributed by atoms with Crippen LogP contribution in [0.3, 0.4) is 0 Å². The van der Waals surface area contributed by atoms with Gasteiger partial charge < -0.3 is 19.5 Å². The van der Waals surface area contributed by atoms with Crippen LogP contribution in [0.4, 0.5) is 15.6 Å². The number of amides is 2. The predicted molar refractivity (Wildman–Crippen MR) is 83.4 cm³/mol. The van der Waals surface area contributed by atoms with Crippen LogP contribution in [0, 0.1) is 0 Å². The number of aromatic nitrogens is 2. The van der Waals surface area contributed by atoms with Crippen molar-refractivity contribution in [3.05, 3.63) is 24.0 Å². The van der Waals surface area contributed by atoms with E-state index < -0.39 is 12.0 Å². The van der Waals surface area contributed by atoms with Crippen molar-refractivity contribution in [1.29, 1.82) is 0 Å². The van der Waals surface area contributed by atoms with Crippen LogP contribution in [0.2, 0.25) is 0 Å². The number of nitrogens with one attached hydrogen (secondary N) is 2. The smallest absolute Gasteiger partial charge is 0.377 e. The molecule has 1 aromatic heterocycles. The number of nitrogens with zero attached hydrogens (tertiary/aromatic N) is 2. The summed E-state index contributed by atoms with van der Waals surface area (Å²) in [7, 11) is 4.24. The van der Waals surface area contributed by atoms with E-state index in [0.717, 1.165) is 11.5 Å². The van der Waals surface area contributed by atoms with Gasteiger partial charge in [-0.1, -0.05) is 0 Å². The summed E-state index contributed by atoms with van der Waals surface area (Å²) in [6.07, 6.45) is 0. The zero-order chi connectivity index (χ0) is 16.8. The number of methoxy groups -OCH3 is 3. The third kappa shape index (κ3) is 4.07. The maximum absolute atomic E-state index is 11.9. The zero-order valence-electron chi connectivity index (χ0n) is 12.6. The summed E-state index contributed by atoms with van der Waals surface area (Å²) in [4.78, 5) is 27.0. The molecule has 0 aliphatic heterocycles. The van der Waals surface area contributed by atoms with E-state index in [1.807, 2.05) is 0 Å². The summed E-state index contributed by atoms with van der Waals surface area (Å²) in [5.41, 5.74) is 0.498. The molecule has 10 heteroatoms. The van der Waals surface area contributed by atoms with Crippen molar-refractivity contribution in [3.63, 3.8) is 0 Å². The number of carbonyl (C=O) groups is 2. The van der Waals surface area contributed by atoms with Gasteiger partial charge in [-0.3, -0.25) is 5.32 Å². The van der Waals surface area contributed by atoms with Gasteiger partial charge in [0.1, 0.15) is 0 Å². The fourth-order valence-corrected chi connectivity index (χ4v) is 2.18. The quantitative estimate of drug-likeness (QED) is 0.802. The lowest BCUT2D eigenvalue weighted by Gasteiger charge is -2.10. The number of esters is 1. The third-order valence-corrected chi connectivity index (χ3v) is 3.29. The van der Waals surface area contributed by atoms with Crippen molar-refractivity contribution in [2.45, 2.75) is 0 Å². The van der Waals surface area contributed by atoms with Crippen LogP contribution in [0.5, 0.6) is 11.5 Å². The molecule has 122 valence electrons.